The van der Waals surface area contributed by atoms with E-state index in [1.807, 2.05) is 12.1 Å². The zero-order valence-electron chi connectivity index (χ0n) is 12.1. The minimum absolute atomic E-state index is 0.265. The van der Waals surface area contributed by atoms with Gasteiger partial charge in [-0.3, -0.25) is 0 Å². The van der Waals surface area contributed by atoms with Gasteiger partial charge >= 0.3 is 0 Å². The van der Waals surface area contributed by atoms with Gasteiger partial charge in [-0.1, -0.05) is 23.7 Å². The van der Waals surface area contributed by atoms with E-state index in [-0.39, 0.29) is 5.82 Å². The first-order valence-electron chi connectivity index (χ1n) is 6.95. The van der Waals surface area contributed by atoms with Crippen LogP contribution in [0.2, 0.25) is 5.02 Å². The molecule has 1 heterocycles. The molecule has 0 bridgehead atoms. The predicted molar refractivity (Wildman–Crippen MR) is 85.3 cm³/mol. The van der Waals surface area contributed by atoms with Crippen molar-refractivity contribution in [2.45, 2.75) is 13.2 Å². The van der Waals surface area contributed by atoms with E-state index in [0.717, 1.165) is 11.1 Å². The second-order valence-electron chi connectivity index (χ2n) is 4.87. The normalized spacial score (nSPS) is 10.5. The fraction of sp³-hybridized carbons (Fsp3) is 0.125. The first-order chi connectivity index (χ1) is 11.2. The number of aromatic nitrogens is 3. The topological polar surface area (TPSA) is 52.0 Å². The summed E-state index contributed by atoms with van der Waals surface area (Å²) in [6.45, 7) is 0.846. The zero-order chi connectivity index (χ0) is 16.1. The Morgan fingerprint density at radius 2 is 1.83 bits per heavy atom. The van der Waals surface area contributed by atoms with Gasteiger partial charge in [-0.25, -0.2) is 9.07 Å². The lowest BCUT2D eigenvalue weighted by atomic mass is 10.2. The predicted octanol–water partition coefficient (Wildman–Crippen LogP) is 3.39. The lowest BCUT2D eigenvalue weighted by Gasteiger charge is -2.13. The van der Waals surface area contributed by atoms with E-state index in [1.165, 1.54) is 12.1 Å². The monoisotopic (exact) mass is 332 g/mol. The number of hydrogen-bond acceptors (Lipinski definition) is 4. The molecule has 0 saturated carbocycles. The maximum Gasteiger partial charge on any atom is 0.138 e. The first kappa shape index (κ1) is 15.3. The van der Waals surface area contributed by atoms with Gasteiger partial charge in [0.2, 0.25) is 0 Å². The number of nitrogens with zero attached hydrogens (tertiary/aromatic N) is 3. The highest BCUT2D eigenvalue weighted by molar-refractivity contribution is 6.30. The van der Waals surface area contributed by atoms with Crippen LogP contribution in [0.3, 0.4) is 0 Å². The van der Waals surface area contributed by atoms with Gasteiger partial charge in [0, 0.05) is 10.6 Å². The van der Waals surface area contributed by atoms with Crippen molar-refractivity contribution in [1.82, 2.24) is 14.9 Å². The molecule has 7 heteroatoms. The van der Waals surface area contributed by atoms with E-state index in [2.05, 4.69) is 15.6 Å². The molecule has 118 valence electrons. The molecule has 0 amide bonds. The summed E-state index contributed by atoms with van der Waals surface area (Å²) < 4.78 is 20.4. The highest BCUT2D eigenvalue weighted by atomic mass is 35.5. The quantitative estimate of drug-likeness (QED) is 0.751. The number of benzene rings is 2. The van der Waals surface area contributed by atoms with E-state index < -0.39 is 0 Å². The molecule has 0 radical (unpaired) electrons. The fourth-order valence-corrected chi connectivity index (χ4v) is 2.22. The average Bonchev–Trinajstić information content (AvgIpc) is 3.07. The number of ether oxygens (including phenoxy) is 1. The van der Waals surface area contributed by atoms with Crippen molar-refractivity contribution >= 4 is 11.6 Å². The summed E-state index contributed by atoms with van der Waals surface area (Å²) in [7, 11) is 0. The standard InChI is InChI=1S/C16H14ClFN4O/c17-14-3-6-16(23-9-12-1-4-15(18)5-2-12)13(7-14)8-21-22-10-19-20-11-22/h1-7,10-11,21H,8-9H2. The summed E-state index contributed by atoms with van der Waals surface area (Å²) in [5.41, 5.74) is 4.90. The highest BCUT2D eigenvalue weighted by Gasteiger charge is 2.06. The molecule has 0 spiro atoms. The van der Waals surface area contributed by atoms with Crippen LogP contribution in [0.1, 0.15) is 11.1 Å². The summed E-state index contributed by atoms with van der Waals surface area (Å²) in [4.78, 5) is 0. The van der Waals surface area contributed by atoms with Crippen molar-refractivity contribution < 1.29 is 9.13 Å². The lowest BCUT2D eigenvalue weighted by molar-refractivity contribution is 0.303. The summed E-state index contributed by atoms with van der Waals surface area (Å²) in [6, 6.07) is 11.6. The number of nitrogens with one attached hydrogen (secondary N) is 1. The van der Waals surface area contributed by atoms with E-state index in [1.54, 1.807) is 35.5 Å². The van der Waals surface area contributed by atoms with Gasteiger partial charge in [-0.2, -0.15) is 0 Å². The Hall–Kier alpha value is -2.60. The van der Waals surface area contributed by atoms with Crippen LogP contribution in [-0.4, -0.2) is 14.9 Å². The third-order valence-electron chi connectivity index (χ3n) is 3.20. The Kier molecular flexibility index (Phi) is 4.73. The molecule has 1 aromatic heterocycles. The van der Waals surface area contributed by atoms with E-state index >= 15 is 0 Å². The molecular weight excluding hydrogens is 319 g/mol. The Labute approximate surface area is 137 Å². The Morgan fingerprint density at radius 3 is 2.57 bits per heavy atom. The van der Waals surface area contributed by atoms with Gasteiger partial charge in [0.1, 0.15) is 30.8 Å². The molecule has 5 nitrogen and oxygen atoms in total. The molecule has 1 N–H and O–H groups in total. The van der Waals surface area contributed by atoms with Crippen LogP contribution < -0.4 is 10.2 Å². The molecule has 0 saturated heterocycles. The van der Waals surface area contributed by atoms with Crippen molar-refractivity contribution in [3.8, 4) is 5.75 Å². The van der Waals surface area contributed by atoms with Crippen molar-refractivity contribution in [3.05, 3.63) is 77.1 Å². The van der Waals surface area contributed by atoms with Crippen LogP contribution >= 0.6 is 11.6 Å². The Morgan fingerprint density at radius 1 is 1.09 bits per heavy atom. The van der Waals surface area contributed by atoms with Crippen molar-refractivity contribution in [2.75, 3.05) is 5.43 Å². The van der Waals surface area contributed by atoms with Gasteiger partial charge in [0.15, 0.2) is 0 Å². The minimum atomic E-state index is -0.265. The van der Waals surface area contributed by atoms with E-state index in [4.69, 9.17) is 16.3 Å². The maximum absolute atomic E-state index is 12.9. The third kappa shape index (κ3) is 4.20. The molecule has 0 unspecified atom stereocenters. The van der Waals surface area contributed by atoms with Crippen LogP contribution in [0, 0.1) is 5.82 Å². The molecule has 3 aromatic rings. The molecule has 0 fully saturated rings. The van der Waals surface area contributed by atoms with E-state index in [9.17, 15) is 4.39 Å². The Balaban J connectivity index is 1.69. The van der Waals surface area contributed by atoms with Crippen LogP contribution in [-0.2, 0) is 13.2 Å². The van der Waals surface area contributed by atoms with Crippen molar-refractivity contribution in [2.24, 2.45) is 0 Å². The molecule has 2 aromatic carbocycles. The van der Waals surface area contributed by atoms with Crippen LogP contribution in [0.15, 0.2) is 55.1 Å². The molecule has 0 aliphatic carbocycles. The van der Waals surface area contributed by atoms with Crippen molar-refractivity contribution in [3.63, 3.8) is 0 Å². The molecule has 0 aliphatic heterocycles. The number of halogens is 2. The molecule has 0 atom stereocenters. The summed E-state index contributed by atoms with van der Waals surface area (Å²) >= 11 is 6.06. The molecule has 23 heavy (non-hydrogen) atoms. The SMILES string of the molecule is Fc1ccc(COc2ccc(Cl)cc2CNn2cnnc2)cc1. The van der Waals surface area contributed by atoms with Crippen LogP contribution in [0.4, 0.5) is 4.39 Å². The van der Waals surface area contributed by atoms with Gasteiger partial charge in [-0.15, -0.1) is 10.2 Å². The van der Waals surface area contributed by atoms with Gasteiger partial charge in [0.05, 0.1) is 6.54 Å². The molecule has 3 rings (SSSR count). The minimum Gasteiger partial charge on any atom is -0.489 e. The second kappa shape index (κ2) is 7.11. The number of rotatable bonds is 6. The number of hydrogen-bond donors (Lipinski definition) is 1. The first-order valence-corrected chi connectivity index (χ1v) is 7.33. The van der Waals surface area contributed by atoms with Gasteiger partial charge in [0.25, 0.3) is 0 Å². The van der Waals surface area contributed by atoms with E-state index in [0.29, 0.717) is 23.9 Å². The maximum atomic E-state index is 12.9. The summed E-state index contributed by atoms with van der Waals surface area (Å²) in [6.07, 6.45) is 3.12. The lowest BCUT2D eigenvalue weighted by Crippen LogP contribution is -2.13. The van der Waals surface area contributed by atoms with Crippen molar-refractivity contribution in [1.29, 1.82) is 0 Å². The van der Waals surface area contributed by atoms with Gasteiger partial charge in [-0.05, 0) is 35.9 Å². The smallest absolute Gasteiger partial charge is 0.138 e. The zero-order valence-corrected chi connectivity index (χ0v) is 12.9. The average molecular weight is 333 g/mol. The third-order valence-corrected chi connectivity index (χ3v) is 3.44. The fourth-order valence-electron chi connectivity index (χ4n) is 2.03. The molecule has 0 aliphatic rings. The van der Waals surface area contributed by atoms with Crippen LogP contribution in [0.5, 0.6) is 5.75 Å². The largest absolute Gasteiger partial charge is 0.489 e. The summed E-state index contributed by atoms with van der Waals surface area (Å²) in [5.74, 6) is 0.443. The Bertz CT molecular complexity index is 762. The second-order valence-corrected chi connectivity index (χ2v) is 5.31. The van der Waals surface area contributed by atoms with Crippen LogP contribution in [0.25, 0.3) is 0 Å². The highest BCUT2D eigenvalue weighted by Crippen LogP contribution is 2.24. The summed E-state index contributed by atoms with van der Waals surface area (Å²) in [5, 5.41) is 8.06. The van der Waals surface area contributed by atoms with Gasteiger partial charge < -0.3 is 10.2 Å². The molecular formula is C16H14ClFN4O.